The fourth-order valence-electron chi connectivity index (χ4n) is 2.87. The number of hydrogen-bond acceptors (Lipinski definition) is 8. The Hall–Kier alpha value is -3.24. The van der Waals surface area contributed by atoms with Gasteiger partial charge in [0.05, 0.1) is 11.1 Å². The lowest BCUT2D eigenvalue weighted by Crippen LogP contribution is -2.13. The van der Waals surface area contributed by atoms with E-state index in [0.29, 0.717) is 38.5 Å². The molecule has 10 heteroatoms. The van der Waals surface area contributed by atoms with E-state index < -0.39 is 0 Å². The van der Waals surface area contributed by atoms with Crippen LogP contribution in [-0.4, -0.2) is 26.8 Å². The zero-order chi connectivity index (χ0) is 22.0. The summed E-state index contributed by atoms with van der Waals surface area (Å²) in [6.07, 6.45) is 0. The van der Waals surface area contributed by atoms with Crippen molar-refractivity contribution in [2.75, 3.05) is 10.6 Å². The third kappa shape index (κ3) is 4.75. The maximum Gasteiger partial charge on any atom is 0.256 e. The molecule has 3 heterocycles. The highest BCUT2D eigenvalue weighted by atomic mass is 32.2. The Labute approximate surface area is 186 Å². The molecule has 0 fully saturated rings. The van der Waals surface area contributed by atoms with Crippen molar-refractivity contribution in [1.29, 1.82) is 0 Å². The number of fused-ring (bicyclic) bond motifs is 1. The number of thioether (sulfide) groups is 1. The molecule has 0 saturated carbocycles. The Kier molecular flexibility index (Phi) is 6.01. The van der Waals surface area contributed by atoms with Crippen LogP contribution in [0.5, 0.6) is 0 Å². The first-order chi connectivity index (χ1) is 14.9. The molecule has 4 rings (SSSR count). The third-order valence-electron chi connectivity index (χ3n) is 4.46. The minimum absolute atomic E-state index is 0.162. The lowest BCUT2D eigenvalue weighted by atomic mass is 10.2. The maximum atomic E-state index is 12.7. The van der Waals surface area contributed by atoms with E-state index in [1.165, 1.54) is 30.0 Å². The predicted octanol–water partition coefficient (Wildman–Crippen LogP) is 4.80. The minimum atomic E-state index is -0.255. The monoisotopic (exact) mass is 453 g/mol. The summed E-state index contributed by atoms with van der Waals surface area (Å²) in [5, 5.41) is 9.13. The van der Waals surface area contributed by atoms with Crippen LogP contribution >= 0.6 is 23.1 Å². The Balaban J connectivity index is 1.60. The average molecular weight is 454 g/mol. The molecule has 0 atom stereocenters. The summed E-state index contributed by atoms with van der Waals surface area (Å²) in [4.78, 5) is 37.3. The van der Waals surface area contributed by atoms with Crippen LogP contribution in [0.25, 0.3) is 11.1 Å². The molecule has 1 aromatic carbocycles. The predicted molar refractivity (Wildman–Crippen MR) is 122 cm³/mol. The van der Waals surface area contributed by atoms with Crippen LogP contribution in [0.15, 0.2) is 45.3 Å². The number of nitrogens with zero attached hydrogens (tertiary/aromatic N) is 3. The van der Waals surface area contributed by atoms with Crippen molar-refractivity contribution in [1.82, 2.24) is 15.0 Å². The van der Waals surface area contributed by atoms with Crippen LogP contribution in [0.2, 0.25) is 0 Å². The highest BCUT2D eigenvalue weighted by molar-refractivity contribution is 7.98. The van der Waals surface area contributed by atoms with Crippen LogP contribution in [0.1, 0.15) is 34.3 Å². The molecule has 0 spiro atoms. The Bertz CT molecular complexity index is 1270. The van der Waals surface area contributed by atoms with E-state index in [1.807, 2.05) is 37.4 Å². The van der Waals surface area contributed by atoms with E-state index in [1.54, 1.807) is 12.1 Å². The molecule has 8 nitrogen and oxygen atoms in total. The number of amides is 2. The largest absolute Gasteiger partial charge is 0.443 e. The lowest BCUT2D eigenvalue weighted by Gasteiger charge is -2.08. The maximum absolute atomic E-state index is 12.7. The molecule has 3 aromatic heterocycles. The number of anilines is 2. The van der Waals surface area contributed by atoms with Gasteiger partial charge in [-0.05, 0) is 26.0 Å². The molecule has 2 N–H and O–H groups in total. The first-order valence-electron chi connectivity index (χ1n) is 9.39. The van der Waals surface area contributed by atoms with E-state index in [-0.39, 0.29) is 11.8 Å². The van der Waals surface area contributed by atoms with Crippen molar-refractivity contribution in [2.24, 2.45) is 0 Å². The Morgan fingerprint density at radius 2 is 1.87 bits per heavy atom. The van der Waals surface area contributed by atoms with Crippen molar-refractivity contribution >= 4 is 57.0 Å². The zero-order valence-electron chi connectivity index (χ0n) is 17.1. The number of benzene rings is 1. The van der Waals surface area contributed by atoms with Gasteiger partial charge in [-0.1, -0.05) is 30.0 Å². The molecule has 0 saturated heterocycles. The topological polar surface area (TPSA) is 110 Å². The van der Waals surface area contributed by atoms with Gasteiger partial charge in [-0.25, -0.2) is 9.97 Å². The number of aromatic nitrogens is 3. The first-order valence-corrected chi connectivity index (χ1v) is 11.3. The number of thiazole rings is 1. The van der Waals surface area contributed by atoms with Crippen molar-refractivity contribution in [2.45, 2.75) is 31.7 Å². The van der Waals surface area contributed by atoms with Crippen LogP contribution < -0.4 is 10.6 Å². The smallest absolute Gasteiger partial charge is 0.256 e. The summed E-state index contributed by atoms with van der Waals surface area (Å²) in [5.41, 5.74) is 2.64. The fraction of sp³-hybridized carbons (Fsp3) is 0.190. The van der Waals surface area contributed by atoms with E-state index in [9.17, 15) is 9.59 Å². The van der Waals surface area contributed by atoms with Gasteiger partial charge in [0, 0.05) is 29.2 Å². The number of rotatable bonds is 6. The molecule has 0 aliphatic carbocycles. The minimum Gasteiger partial charge on any atom is -0.443 e. The number of aryl methyl sites for hydroxylation is 2. The molecule has 158 valence electrons. The van der Waals surface area contributed by atoms with Crippen LogP contribution in [0.3, 0.4) is 0 Å². The van der Waals surface area contributed by atoms with Gasteiger partial charge >= 0.3 is 0 Å². The van der Waals surface area contributed by atoms with Gasteiger partial charge in [0.15, 0.2) is 10.3 Å². The van der Waals surface area contributed by atoms with E-state index in [0.717, 1.165) is 17.0 Å². The normalized spacial score (nSPS) is 10.9. The van der Waals surface area contributed by atoms with E-state index >= 15 is 0 Å². The van der Waals surface area contributed by atoms with E-state index in [4.69, 9.17) is 4.42 Å². The fourth-order valence-corrected chi connectivity index (χ4v) is 4.46. The van der Waals surface area contributed by atoms with Gasteiger partial charge in [-0.2, -0.15) is 4.98 Å². The van der Waals surface area contributed by atoms with Crippen molar-refractivity contribution in [3.8, 4) is 0 Å². The molecule has 0 aliphatic rings. The third-order valence-corrected chi connectivity index (χ3v) is 6.15. The molecular weight excluding hydrogens is 434 g/mol. The standard InChI is InChI=1S/C21H19N5O3S2/c1-11-12(2)29-19-16(11)17(24-18(28)14-7-5-4-6-8-14)25-21(26-19)31-10-15-9-30-20(23-15)22-13(3)27/h4-9H,10H2,1-3H3,(H,22,23,27)(H,24,25,26,28). The van der Waals surface area contributed by atoms with Crippen molar-refractivity contribution in [3.63, 3.8) is 0 Å². The SMILES string of the molecule is CC(=O)Nc1nc(CSc2nc(NC(=O)c3ccccc3)c3c(C)c(C)oc3n2)cs1. The lowest BCUT2D eigenvalue weighted by molar-refractivity contribution is -0.114. The van der Waals surface area contributed by atoms with Crippen LogP contribution in [-0.2, 0) is 10.5 Å². The molecule has 0 unspecified atom stereocenters. The van der Waals surface area contributed by atoms with Crippen molar-refractivity contribution < 1.29 is 14.0 Å². The first kappa shape index (κ1) is 21.0. The number of carbonyl (C=O) groups excluding carboxylic acids is 2. The second-order valence-electron chi connectivity index (χ2n) is 6.75. The summed E-state index contributed by atoms with van der Waals surface area (Å²) in [7, 11) is 0. The quantitative estimate of drug-likeness (QED) is 0.319. The van der Waals surface area contributed by atoms with Gasteiger partial charge in [0.25, 0.3) is 5.91 Å². The van der Waals surface area contributed by atoms with Gasteiger partial charge in [-0.15, -0.1) is 11.3 Å². The molecule has 4 aromatic rings. The van der Waals surface area contributed by atoms with Gasteiger partial charge in [-0.3, -0.25) is 9.59 Å². The zero-order valence-corrected chi connectivity index (χ0v) is 18.7. The molecule has 0 aliphatic heterocycles. The van der Waals surface area contributed by atoms with Gasteiger partial charge < -0.3 is 15.1 Å². The summed E-state index contributed by atoms with van der Waals surface area (Å²) in [6.45, 7) is 5.21. The summed E-state index contributed by atoms with van der Waals surface area (Å²) >= 11 is 2.73. The number of nitrogens with one attached hydrogen (secondary N) is 2. The van der Waals surface area contributed by atoms with Gasteiger partial charge in [0.2, 0.25) is 11.6 Å². The number of hydrogen-bond donors (Lipinski definition) is 2. The van der Waals surface area contributed by atoms with E-state index in [2.05, 4.69) is 25.6 Å². The Morgan fingerprint density at radius 1 is 1.10 bits per heavy atom. The molecule has 2 amide bonds. The second-order valence-corrected chi connectivity index (χ2v) is 8.55. The van der Waals surface area contributed by atoms with Crippen LogP contribution in [0.4, 0.5) is 10.9 Å². The molecule has 31 heavy (non-hydrogen) atoms. The molecule has 0 radical (unpaired) electrons. The highest BCUT2D eigenvalue weighted by Crippen LogP contribution is 2.32. The highest BCUT2D eigenvalue weighted by Gasteiger charge is 2.19. The second kappa shape index (κ2) is 8.86. The number of carbonyl (C=O) groups is 2. The Morgan fingerprint density at radius 3 is 2.61 bits per heavy atom. The molecular formula is C21H19N5O3S2. The summed E-state index contributed by atoms with van der Waals surface area (Å²) in [6, 6.07) is 8.95. The molecule has 0 bridgehead atoms. The van der Waals surface area contributed by atoms with Crippen molar-refractivity contribution in [3.05, 3.63) is 58.3 Å². The van der Waals surface area contributed by atoms with Gasteiger partial charge in [0.1, 0.15) is 11.6 Å². The number of furan rings is 1. The summed E-state index contributed by atoms with van der Waals surface area (Å²) < 4.78 is 5.79. The van der Waals surface area contributed by atoms with Crippen LogP contribution in [0, 0.1) is 13.8 Å². The summed E-state index contributed by atoms with van der Waals surface area (Å²) in [5.74, 6) is 1.22. The average Bonchev–Trinajstić information content (AvgIpc) is 3.30.